The van der Waals surface area contributed by atoms with E-state index in [4.69, 9.17) is 0 Å². The Hall–Kier alpha value is -3.25. The Morgan fingerprint density at radius 3 is 2.38 bits per heavy atom. The van der Waals surface area contributed by atoms with Gasteiger partial charge in [-0.25, -0.2) is 9.07 Å². The van der Waals surface area contributed by atoms with E-state index in [1.807, 2.05) is 42.7 Å². The number of benzene rings is 2. The number of nitrogens with zero attached hydrogens (tertiary/aromatic N) is 3. The lowest BCUT2D eigenvalue weighted by Gasteiger charge is -2.13. The molecule has 0 bridgehead atoms. The topological polar surface area (TPSA) is 47.8 Å². The third kappa shape index (κ3) is 4.27. The highest BCUT2D eigenvalue weighted by Gasteiger charge is 2.14. The van der Waals surface area contributed by atoms with Crippen LogP contribution in [-0.2, 0) is 6.54 Å². The molecule has 2 aromatic carbocycles. The van der Waals surface area contributed by atoms with Gasteiger partial charge >= 0.3 is 0 Å². The molecule has 4 rings (SSSR count). The van der Waals surface area contributed by atoms with Crippen molar-refractivity contribution >= 4 is 11.8 Å². The molecule has 0 aliphatic heterocycles. The van der Waals surface area contributed by atoms with Gasteiger partial charge in [0.25, 0.3) is 5.56 Å². The standard InChI is InChI=1S/C23H18FN3OS/c1-29-20-10-6-18(7-11-20)23-21(17-4-8-19(24)9-5-17)13-22(28)27(26-23)15-16-3-2-12-25-14-16/h2-14H,15H2,1H3. The third-order valence-electron chi connectivity index (χ3n) is 4.57. The van der Waals surface area contributed by atoms with E-state index in [1.54, 1.807) is 42.4 Å². The van der Waals surface area contributed by atoms with E-state index in [1.165, 1.54) is 16.8 Å². The summed E-state index contributed by atoms with van der Waals surface area (Å²) < 4.78 is 14.8. The van der Waals surface area contributed by atoms with Crippen LogP contribution in [0, 0.1) is 5.82 Å². The van der Waals surface area contributed by atoms with Crippen LogP contribution in [0.5, 0.6) is 0 Å². The molecule has 0 N–H and O–H groups in total. The first-order chi connectivity index (χ1) is 14.1. The molecule has 144 valence electrons. The molecular weight excluding hydrogens is 385 g/mol. The Bertz CT molecular complexity index is 1170. The lowest BCUT2D eigenvalue weighted by Crippen LogP contribution is -2.24. The van der Waals surface area contributed by atoms with E-state index in [2.05, 4.69) is 10.1 Å². The van der Waals surface area contributed by atoms with Crippen LogP contribution in [0.15, 0.2) is 88.8 Å². The Morgan fingerprint density at radius 2 is 1.72 bits per heavy atom. The minimum atomic E-state index is -0.322. The number of hydrogen-bond acceptors (Lipinski definition) is 4. The van der Waals surface area contributed by atoms with Crippen LogP contribution in [0.4, 0.5) is 4.39 Å². The number of thioether (sulfide) groups is 1. The van der Waals surface area contributed by atoms with Crippen molar-refractivity contribution < 1.29 is 4.39 Å². The molecule has 0 atom stereocenters. The summed E-state index contributed by atoms with van der Waals surface area (Å²) in [6.07, 6.45) is 5.43. The van der Waals surface area contributed by atoms with Crippen molar-refractivity contribution in [2.24, 2.45) is 0 Å². The summed E-state index contributed by atoms with van der Waals surface area (Å²) in [6, 6.07) is 19.4. The zero-order chi connectivity index (χ0) is 20.2. The summed E-state index contributed by atoms with van der Waals surface area (Å²) in [4.78, 5) is 18.0. The fourth-order valence-electron chi connectivity index (χ4n) is 3.08. The van der Waals surface area contributed by atoms with Crippen molar-refractivity contribution in [1.82, 2.24) is 14.8 Å². The molecule has 2 heterocycles. The Kier molecular flexibility index (Phi) is 5.53. The number of pyridine rings is 1. The minimum Gasteiger partial charge on any atom is -0.268 e. The van der Waals surface area contributed by atoms with Crippen molar-refractivity contribution in [3.8, 4) is 22.4 Å². The van der Waals surface area contributed by atoms with Crippen molar-refractivity contribution in [3.63, 3.8) is 0 Å². The van der Waals surface area contributed by atoms with Crippen LogP contribution < -0.4 is 5.56 Å². The van der Waals surface area contributed by atoms with Gasteiger partial charge in [0.2, 0.25) is 0 Å². The van der Waals surface area contributed by atoms with Gasteiger partial charge in [-0.1, -0.05) is 30.3 Å². The van der Waals surface area contributed by atoms with Crippen LogP contribution in [0.3, 0.4) is 0 Å². The first-order valence-electron chi connectivity index (χ1n) is 9.05. The number of rotatable bonds is 5. The van der Waals surface area contributed by atoms with E-state index < -0.39 is 0 Å². The van der Waals surface area contributed by atoms with Crippen LogP contribution in [0.25, 0.3) is 22.4 Å². The maximum Gasteiger partial charge on any atom is 0.267 e. The van der Waals surface area contributed by atoms with Gasteiger partial charge in [0.05, 0.1) is 12.2 Å². The summed E-state index contributed by atoms with van der Waals surface area (Å²) >= 11 is 1.66. The minimum absolute atomic E-state index is 0.224. The van der Waals surface area contributed by atoms with Gasteiger partial charge in [0.1, 0.15) is 5.82 Å². The highest BCUT2D eigenvalue weighted by molar-refractivity contribution is 7.98. The largest absolute Gasteiger partial charge is 0.268 e. The molecule has 2 aromatic heterocycles. The Labute approximate surface area is 172 Å². The van der Waals surface area contributed by atoms with Crippen molar-refractivity contribution in [1.29, 1.82) is 0 Å². The SMILES string of the molecule is CSc1ccc(-c2nn(Cc3cccnc3)c(=O)cc2-c2ccc(F)cc2)cc1. The summed E-state index contributed by atoms with van der Waals surface area (Å²) in [7, 11) is 0. The second-order valence-corrected chi connectivity index (χ2v) is 7.38. The molecule has 0 saturated carbocycles. The van der Waals surface area contributed by atoms with Crippen LogP contribution in [-0.4, -0.2) is 21.0 Å². The molecule has 6 heteroatoms. The zero-order valence-electron chi connectivity index (χ0n) is 15.7. The quantitative estimate of drug-likeness (QED) is 0.446. The van der Waals surface area contributed by atoms with E-state index in [9.17, 15) is 9.18 Å². The lowest BCUT2D eigenvalue weighted by atomic mass is 10.00. The van der Waals surface area contributed by atoms with E-state index >= 15 is 0 Å². The highest BCUT2D eigenvalue weighted by Crippen LogP contribution is 2.30. The maximum atomic E-state index is 13.4. The molecule has 0 radical (unpaired) electrons. The second kappa shape index (κ2) is 8.41. The molecule has 0 spiro atoms. The lowest BCUT2D eigenvalue weighted by molar-refractivity contribution is 0.628. The summed E-state index contributed by atoms with van der Waals surface area (Å²) in [6.45, 7) is 0.326. The predicted molar refractivity (Wildman–Crippen MR) is 114 cm³/mol. The van der Waals surface area contributed by atoms with Gasteiger partial charge in [-0.2, -0.15) is 5.10 Å². The van der Waals surface area contributed by atoms with E-state index in [0.29, 0.717) is 17.8 Å². The molecular formula is C23H18FN3OS. The molecule has 0 saturated heterocycles. The Morgan fingerprint density at radius 1 is 1.00 bits per heavy atom. The summed E-state index contributed by atoms with van der Waals surface area (Å²) in [5.74, 6) is -0.322. The van der Waals surface area contributed by atoms with Gasteiger partial charge in [-0.15, -0.1) is 11.8 Å². The maximum absolute atomic E-state index is 13.4. The zero-order valence-corrected chi connectivity index (χ0v) is 16.6. The van der Waals surface area contributed by atoms with E-state index in [-0.39, 0.29) is 11.4 Å². The average molecular weight is 403 g/mol. The highest BCUT2D eigenvalue weighted by atomic mass is 32.2. The van der Waals surface area contributed by atoms with Crippen molar-refractivity contribution in [3.05, 3.63) is 101 Å². The second-order valence-electron chi connectivity index (χ2n) is 6.50. The fourth-order valence-corrected chi connectivity index (χ4v) is 3.49. The van der Waals surface area contributed by atoms with Gasteiger partial charge < -0.3 is 0 Å². The third-order valence-corrected chi connectivity index (χ3v) is 5.32. The molecule has 0 aliphatic rings. The molecule has 0 fully saturated rings. The molecule has 29 heavy (non-hydrogen) atoms. The van der Waals surface area contributed by atoms with Crippen LogP contribution >= 0.6 is 11.8 Å². The number of aromatic nitrogens is 3. The monoisotopic (exact) mass is 403 g/mol. The fraction of sp³-hybridized carbons (Fsp3) is 0.0870. The Balaban J connectivity index is 1.86. The van der Waals surface area contributed by atoms with Gasteiger partial charge in [-0.05, 0) is 47.7 Å². The molecule has 0 amide bonds. The van der Waals surface area contributed by atoms with Gasteiger partial charge in [-0.3, -0.25) is 9.78 Å². The van der Waals surface area contributed by atoms with Crippen molar-refractivity contribution in [2.45, 2.75) is 11.4 Å². The first-order valence-corrected chi connectivity index (χ1v) is 10.3. The predicted octanol–water partition coefficient (Wildman–Crippen LogP) is 4.88. The molecule has 4 nitrogen and oxygen atoms in total. The van der Waals surface area contributed by atoms with Gasteiger partial charge in [0, 0.05) is 34.5 Å². The normalized spacial score (nSPS) is 10.8. The molecule has 0 aliphatic carbocycles. The summed E-state index contributed by atoms with van der Waals surface area (Å²) in [5, 5.41) is 4.67. The number of halogens is 1. The first kappa shape index (κ1) is 19.1. The average Bonchev–Trinajstić information content (AvgIpc) is 2.76. The van der Waals surface area contributed by atoms with Crippen LogP contribution in [0.2, 0.25) is 0 Å². The van der Waals surface area contributed by atoms with Crippen molar-refractivity contribution in [2.75, 3.05) is 6.26 Å². The molecule has 0 unspecified atom stereocenters. The molecule has 4 aromatic rings. The smallest absolute Gasteiger partial charge is 0.267 e. The van der Waals surface area contributed by atoms with Crippen LogP contribution in [0.1, 0.15) is 5.56 Å². The number of hydrogen-bond donors (Lipinski definition) is 0. The van der Waals surface area contributed by atoms with Gasteiger partial charge in [0.15, 0.2) is 0 Å². The summed E-state index contributed by atoms with van der Waals surface area (Å²) in [5.41, 5.74) is 3.65. The van der Waals surface area contributed by atoms with E-state index in [0.717, 1.165) is 21.6 Å².